The molecule has 2 N–H and O–H groups in total. The second-order valence-electron chi connectivity index (χ2n) is 5.83. The number of aryl methyl sites for hydroxylation is 1. The summed E-state index contributed by atoms with van der Waals surface area (Å²) in [5.74, 6) is 0.0153. The molecule has 0 fully saturated rings. The summed E-state index contributed by atoms with van der Waals surface area (Å²) in [4.78, 5) is 29.2. The standard InChI is InChI=1S/C20H18ClN3O3S/c1-13-18(19(26)23-14-7-3-2-4-8-14)28-20(22-13)24-17(25)11-12-27-16-10-6-5-9-15(16)21/h2-10H,11-12H2,1H3,(H,23,26)(H,22,24,25). The Bertz CT molecular complexity index is 976. The molecule has 0 aliphatic rings. The fourth-order valence-corrected chi connectivity index (χ4v) is 3.44. The molecule has 0 saturated carbocycles. The molecule has 1 heterocycles. The van der Waals surface area contributed by atoms with E-state index in [9.17, 15) is 9.59 Å². The van der Waals surface area contributed by atoms with Crippen LogP contribution < -0.4 is 15.4 Å². The van der Waals surface area contributed by atoms with Crippen LogP contribution in [0, 0.1) is 6.92 Å². The van der Waals surface area contributed by atoms with E-state index >= 15 is 0 Å². The van der Waals surface area contributed by atoms with Crippen LogP contribution in [-0.4, -0.2) is 23.4 Å². The van der Waals surface area contributed by atoms with Gasteiger partial charge < -0.3 is 15.4 Å². The van der Waals surface area contributed by atoms with Crippen molar-refractivity contribution < 1.29 is 14.3 Å². The Morgan fingerprint density at radius 2 is 1.79 bits per heavy atom. The number of ether oxygens (including phenoxy) is 1. The maximum atomic E-state index is 12.4. The van der Waals surface area contributed by atoms with Crippen molar-refractivity contribution in [3.8, 4) is 5.75 Å². The maximum absolute atomic E-state index is 12.4. The highest BCUT2D eigenvalue weighted by atomic mass is 35.5. The van der Waals surface area contributed by atoms with Crippen LogP contribution in [0.25, 0.3) is 0 Å². The summed E-state index contributed by atoms with van der Waals surface area (Å²) in [6.07, 6.45) is 0.134. The maximum Gasteiger partial charge on any atom is 0.267 e. The van der Waals surface area contributed by atoms with Gasteiger partial charge in [0.1, 0.15) is 10.6 Å². The van der Waals surface area contributed by atoms with E-state index in [1.807, 2.05) is 24.3 Å². The van der Waals surface area contributed by atoms with Gasteiger partial charge in [0.2, 0.25) is 5.91 Å². The Morgan fingerprint density at radius 1 is 1.07 bits per heavy atom. The summed E-state index contributed by atoms with van der Waals surface area (Å²) >= 11 is 7.14. The third-order valence-corrected chi connectivity index (χ3v) is 5.09. The molecule has 0 spiro atoms. The van der Waals surface area contributed by atoms with Gasteiger partial charge in [0.05, 0.1) is 23.7 Å². The fraction of sp³-hybridized carbons (Fsp3) is 0.150. The zero-order valence-corrected chi connectivity index (χ0v) is 16.6. The van der Waals surface area contributed by atoms with Crippen LogP contribution in [-0.2, 0) is 4.79 Å². The van der Waals surface area contributed by atoms with Gasteiger partial charge in [0.15, 0.2) is 5.13 Å². The number of halogens is 1. The summed E-state index contributed by atoms with van der Waals surface area (Å²) < 4.78 is 5.50. The van der Waals surface area contributed by atoms with Crippen molar-refractivity contribution in [2.45, 2.75) is 13.3 Å². The molecule has 0 atom stereocenters. The Labute approximate surface area is 171 Å². The Kier molecular flexibility index (Phi) is 6.62. The van der Waals surface area contributed by atoms with E-state index in [-0.39, 0.29) is 24.8 Å². The van der Waals surface area contributed by atoms with Crippen molar-refractivity contribution in [2.24, 2.45) is 0 Å². The quantitative estimate of drug-likeness (QED) is 0.582. The van der Waals surface area contributed by atoms with Gasteiger partial charge in [-0.15, -0.1) is 0 Å². The fourth-order valence-electron chi connectivity index (χ4n) is 2.37. The van der Waals surface area contributed by atoms with Crippen molar-refractivity contribution in [2.75, 3.05) is 17.2 Å². The molecule has 144 valence electrons. The Balaban J connectivity index is 1.53. The van der Waals surface area contributed by atoms with E-state index in [0.29, 0.717) is 32.2 Å². The zero-order chi connectivity index (χ0) is 19.9. The second kappa shape index (κ2) is 9.34. The normalized spacial score (nSPS) is 10.4. The van der Waals surface area contributed by atoms with E-state index in [1.54, 1.807) is 37.3 Å². The lowest BCUT2D eigenvalue weighted by Gasteiger charge is -2.07. The van der Waals surface area contributed by atoms with E-state index in [1.165, 1.54) is 0 Å². The first kappa shape index (κ1) is 19.9. The molecule has 2 amide bonds. The van der Waals surface area contributed by atoms with E-state index in [2.05, 4.69) is 15.6 Å². The van der Waals surface area contributed by atoms with Crippen LogP contribution in [0.4, 0.5) is 10.8 Å². The van der Waals surface area contributed by atoms with Gasteiger partial charge in [0.25, 0.3) is 5.91 Å². The highest BCUT2D eigenvalue weighted by Crippen LogP contribution is 2.25. The SMILES string of the molecule is Cc1nc(NC(=O)CCOc2ccccc2Cl)sc1C(=O)Nc1ccccc1. The Morgan fingerprint density at radius 3 is 2.54 bits per heavy atom. The molecule has 8 heteroatoms. The first-order chi connectivity index (χ1) is 13.5. The van der Waals surface area contributed by atoms with E-state index in [0.717, 1.165) is 11.3 Å². The summed E-state index contributed by atoms with van der Waals surface area (Å²) in [5.41, 5.74) is 1.25. The minimum atomic E-state index is -0.260. The lowest BCUT2D eigenvalue weighted by Crippen LogP contribution is -2.15. The predicted octanol–water partition coefficient (Wildman–Crippen LogP) is 4.76. The van der Waals surface area contributed by atoms with Gasteiger partial charge in [-0.25, -0.2) is 4.98 Å². The minimum Gasteiger partial charge on any atom is -0.491 e. The van der Waals surface area contributed by atoms with Crippen LogP contribution >= 0.6 is 22.9 Å². The largest absolute Gasteiger partial charge is 0.491 e. The molecule has 0 radical (unpaired) electrons. The van der Waals surface area contributed by atoms with Crippen LogP contribution in [0.2, 0.25) is 5.02 Å². The molecule has 3 rings (SSSR count). The number of hydrogen-bond donors (Lipinski definition) is 2. The van der Waals surface area contributed by atoms with Crippen molar-refractivity contribution in [1.82, 2.24) is 4.98 Å². The third-order valence-electron chi connectivity index (χ3n) is 3.70. The number of nitrogens with one attached hydrogen (secondary N) is 2. The highest BCUT2D eigenvalue weighted by molar-refractivity contribution is 7.17. The highest BCUT2D eigenvalue weighted by Gasteiger charge is 2.17. The number of hydrogen-bond acceptors (Lipinski definition) is 5. The van der Waals surface area contributed by atoms with Crippen LogP contribution in [0.3, 0.4) is 0 Å². The first-order valence-electron chi connectivity index (χ1n) is 8.54. The molecule has 6 nitrogen and oxygen atoms in total. The number of para-hydroxylation sites is 2. The number of carbonyl (C=O) groups excluding carboxylic acids is 2. The van der Waals surface area contributed by atoms with Gasteiger partial charge >= 0.3 is 0 Å². The molecule has 0 saturated heterocycles. The molecule has 28 heavy (non-hydrogen) atoms. The summed E-state index contributed by atoms with van der Waals surface area (Å²) in [7, 11) is 0. The number of aromatic nitrogens is 1. The number of rotatable bonds is 7. The summed E-state index contributed by atoms with van der Waals surface area (Å²) in [6.45, 7) is 1.91. The zero-order valence-electron chi connectivity index (χ0n) is 15.1. The average Bonchev–Trinajstić information content (AvgIpc) is 3.04. The van der Waals surface area contributed by atoms with Crippen LogP contribution in [0.15, 0.2) is 54.6 Å². The number of benzene rings is 2. The number of anilines is 2. The third kappa shape index (κ3) is 5.31. The van der Waals surface area contributed by atoms with Crippen LogP contribution in [0.1, 0.15) is 21.8 Å². The molecular formula is C20H18ClN3O3S. The molecule has 0 aliphatic heterocycles. The van der Waals surface area contributed by atoms with Crippen LogP contribution in [0.5, 0.6) is 5.75 Å². The molecule has 0 aliphatic carbocycles. The Hall–Kier alpha value is -2.90. The minimum absolute atomic E-state index is 0.134. The number of carbonyl (C=O) groups is 2. The van der Waals surface area contributed by atoms with Crippen molar-refractivity contribution >= 4 is 45.6 Å². The molecule has 0 bridgehead atoms. The van der Waals surface area contributed by atoms with E-state index < -0.39 is 0 Å². The summed E-state index contributed by atoms with van der Waals surface area (Å²) in [5, 5.41) is 6.37. The number of amides is 2. The van der Waals surface area contributed by atoms with Crippen molar-refractivity contribution in [3.05, 3.63) is 70.2 Å². The smallest absolute Gasteiger partial charge is 0.267 e. The lowest BCUT2D eigenvalue weighted by molar-refractivity contribution is -0.116. The first-order valence-corrected chi connectivity index (χ1v) is 9.73. The van der Waals surface area contributed by atoms with E-state index in [4.69, 9.17) is 16.3 Å². The predicted molar refractivity (Wildman–Crippen MR) is 111 cm³/mol. The van der Waals surface area contributed by atoms with Gasteiger partial charge in [-0.05, 0) is 31.2 Å². The topological polar surface area (TPSA) is 80.3 Å². The van der Waals surface area contributed by atoms with Crippen molar-refractivity contribution in [3.63, 3.8) is 0 Å². The molecule has 1 aromatic heterocycles. The number of thiazole rings is 1. The molecule has 2 aromatic carbocycles. The van der Waals surface area contributed by atoms with Gasteiger partial charge in [0, 0.05) is 5.69 Å². The van der Waals surface area contributed by atoms with Gasteiger partial charge in [-0.1, -0.05) is 53.3 Å². The number of nitrogens with zero attached hydrogens (tertiary/aromatic N) is 1. The molecule has 3 aromatic rings. The lowest BCUT2D eigenvalue weighted by atomic mass is 10.3. The molecule has 0 unspecified atom stereocenters. The van der Waals surface area contributed by atoms with Gasteiger partial charge in [-0.3, -0.25) is 9.59 Å². The summed E-state index contributed by atoms with van der Waals surface area (Å²) in [6, 6.07) is 16.2. The van der Waals surface area contributed by atoms with Gasteiger partial charge in [-0.2, -0.15) is 0 Å². The average molecular weight is 416 g/mol. The van der Waals surface area contributed by atoms with Crippen molar-refractivity contribution in [1.29, 1.82) is 0 Å². The molecular weight excluding hydrogens is 398 g/mol. The monoisotopic (exact) mass is 415 g/mol. The second-order valence-corrected chi connectivity index (χ2v) is 7.24.